The first kappa shape index (κ1) is 15.7. The molecule has 1 aromatic heterocycles. The van der Waals surface area contributed by atoms with Gasteiger partial charge in [-0.3, -0.25) is 4.79 Å². The minimum absolute atomic E-state index is 0.00894. The molecule has 0 saturated carbocycles. The summed E-state index contributed by atoms with van der Waals surface area (Å²) in [6.45, 7) is 5.07. The van der Waals surface area contributed by atoms with Crippen LogP contribution in [0, 0.1) is 5.92 Å². The molecule has 22 heavy (non-hydrogen) atoms. The Morgan fingerprint density at radius 1 is 1.45 bits per heavy atom. The molecule has 3 rings (SSSR count). The van der Waals surface area contributed by atoms with Crippen LogP contribution < -0.4 is 0 Å². The second kappa shape index (κ2) is 6.13. The summed E-state index contributed by atoms with van der Waals surface area (Å²) in [5.41, 5.74) is 3.53. The molecule has 1 aromatic carbocycles. The van der Waals surface area contributed by atoms with Crippen LogP contribution in [0.15, 0.2) is 18.2 Å². The number of aromatic amines is 1. The predicted molar refractivity (Wildman–Crippen MR) is 91.6 cm³/mol. The summed E-state index contributed by atoms with van der Waals surface area (Å²) < 4.78 is 0. The molecule has 2 aromatic rings. The van der Waals surface area contributed by atoms with Crippen molar-refractivity contribution < 1.29 is 4.79 Å². The number of nitrogens with zero attached hydrogens (tertiary/aromatic N) is 1. The fraction of sp³-hybridized carbons (Fsp3) is 0.471. The van der Waals surface area contributed by atoms with E-state index in [2.05, 4.69) is 18.8 Å². The quantitative estimate of drug-likeness (QED) is 0.820. The summed E-state index contributed by atoms with van der Waals surface area (Å²) in [4.78, 5) is 17.6. The molecule has 5 heteroatoms. The van der Waals surface area contributed by atoms with E-state index >= 15 is 0 Å². The maximum absolute atomic E-state index is 12.2. The van der Waals surface area contributed by atoms with Crippen LogP contribution in [-0.2, 0) is 11.2 Å². The van der Waals surface area contributed by atoms with E-state index in [0.29, 0.717) is 5.92 Å². The van der Waals surface area contributed by atoms with Crippen LogP contribution in [0.3, 0.4) is 0 Å². The van der Waals surface area contributed by atoms with E-state index in [1.165, 1.54) is 10.9 Å². The van der Waals surface area contributed by atoms with E-state index in [0.717, 1.165) is 35.6 Å². The van der Waals surface area contributed by atoms with Crippen LogP contribution in [0.25, 0.3) is 10.9 Å². The minimum atomic E-state index is 0.00894. The van der Waals surface area contributed by atoms with Gasteiger partial charge in [0.05, 0.1) is 6.04 Å². The van der Waals surface area contributed by atoms with Crippen molar-refractivity contribution in [3.63, 3.8) is 0 Å². The highest BCUT2D eigenvalue weighted by molar-refractivity contribution is 6.31. The molecular weight excluding hydrogens is 319 g/mol. The number of halogens is 2. The Hall–Kier alpha value is -1.19. The zero-order valence-electron chi connectivity index (χ0n) is 12.8. The molecule has 0 spiro atoms. The van der Waals surface area contributed by atoms with Gasteiger partial charge in [0, 0.05) is 28.2 Å². The topological polar surface area (TPSA) is 36.1 Å². The zero-order chi connectivity index (χ0) is 15.9. The molecular formula is C17H20Cl2N2O. The van der Waals surface area contributed by atoms with Crippen molar-refractivity contribution in [1.29, 1.82) is 0 Å². The van der Waals surface area contributed by atoms with E-state index in [9.17, 15) is 4.79 Å². The Morgan fingerprint density at radius 2 is 2.23 bits per heavy atom. The van der Waals surface area contributed by atoms with Crippen molar-refractivity contribution in [1.82, 2.24) is 9.88 Å². The molecule has 0 bridgehead atoms. The molecule has 1 aliphatic rings. The van der Waals surface area contributed by atoms with Gasteiger partial charge < -0.3 is 9.88 Å². The number of carbonyl (C=O) groups is 1. The lowest BCUT2D eigenvalue weighted by Gasteiger charge is -2.36. The normalized spacial score (nSPS) is 18.0. The molecule has 1 N–H and O–H groups in total. The van der Waals surface area contributed by atoms with Crippen molar-refractivity contribution in [2.75, 3.05) is 12.4 Å². The average Bonchev–Trinajstić information content (AvgIpc) is 2.85. The highest BCUT2D eigenvalue weighted by Crippen LogP contribution is 2.38. The number of fused-ring (bicyclic) bond motifs is 3. The number of alkyl halides is 1. The predicted octanol–water partition coefficient (Wildman–Crippen LogP) is 4.53. The maximum Gasteiger partial charge on any atom is 0.238 e. The number of benzene rings is 1. The summed E-state index contributed by atoms with van der Waals surface area (Å²) in [5.74, 6) is 0.543. The fourth-order valence-electron chi connectivity index (χ4n) is 3.41. The standard InChI is InChI=1S/C17H20Cl2N2O/c1-10(2)7-15-17-12(5-6-21(15)16(22)9-18)13-8-11(19)3-4-14(13)20-17/h3-4,8,10,15,20H,5-7,9H2,1-2H3/t15-/m0/s1. The van der Waals surface area contributed by atoms with Gasteiger partial charge in [-0.2, -0.15) is 0 Å². The van der Waals surface area contributed by atoms with Gasteiger partial charge in [0.1, 0.15) is 5.88 Å². The van der Waals surface area contributed by atoms with E-state index in [-0.39, 0.29) is 17.8 Å². The van der Waals surface area contributed by atoms with Gasteiger partial charge in [-0.05, 0) is 42.5 Å². The molecule has 2 heterocycles. The first-order chi connectivity index (χ1) is 10.5. The number of carbonyl (C=O) groups excluding carboxylic acids is 1. The summed E-state index contributed by atoms with van der Waals surface area (Å²) in [6.07, 6.45) is 1.77. The van der Waals surface area contributed by atoms with E-state index in [1.807, 2.05) is 23.1 Å². The Kier molecular flexibility index (Phi) is 4.37. The third-order valence-corrected chi connectivity index (χ3v) is 4.81. The van der Waals surface area contributed by atoms with E-state index < -0.39 is 0 Å². The lowest BCUT2D eigenvalue weighted by Crippen LogP contribution is -2.41. The van der Waals surface area contributed by atoms with Gasteiger partial charge in [-0.25, -0.2) is 0 Å². The average molecular weight is 339 g/mol. The second-order valence-electron chi connectivity index (χ2n) is 6.32. The Labute approximate surface area is 140 Å². The molecule has 0 radical (unpaired) electrons. The van der Waals surface area contributed by atoms with Gasteiger partial charge in [-0.15, -0.1) is 11.6 Å². The number of amides is 1. The van der Waals surface area contributed by atoms with E-state index in [4.69, 9.17) is 23.2 Å². The van der Waals surface area contributed by atoms with Crippen LogP contribution >= 0.6 is 23.2 Å². The van der Waals surface area contributed by atoms with Crippen LogP contribution in [0.2, 0.25) is 5.02 Å². The highest BCUT2D eigenvalue weighted by Gasteiger charge is 2.33. The maximum atomic E-state index is 12.2. The summed E-state index contributed by atoms with van der Waals surface area (Å²) in [6, 6.07) is 5.99. The first-order valence-corrected chi connectivity index (χ1v) is 8.58. The Morgan fingerprint density at radius 3 is 2.91 bits per heavy atom. The van der Waals surface area contributed by atoms with Crippen LogP contribution in [0.1, 0.15) is 37.6 Å². The molecule has 0 fully saturated rings. The second-order valence-corrected chi connectivity index (χ2v) is 7.03. The van der Waals surface area contributed by atoms with Crippen molar-refractivity contribution >= 4 is 40.0 Å². The molecule has 0 aliphatic carbocycles. The number of hydrogen-bond acceptors (Lipinski definition) is 1. The number of hydrogen-bond donors (Lipinski definition) is 1. The molecule has 1 atom stereocenters. The first-order valence-electron chi connectivity index (χ1n) is 7.66. The molecule has 0 unspecified atom stereocenters. The van der Waals surface area contributed by atoms with Crippen molar-refractivity contribution in [3.8, 4) is 0 Å². The highest BCUT2D eigenvalue weighted by atomic mass is 35.5. The van der Waals surface area contributed by atoms with Crippen molar-refractivity contribution in [2.24, 2.45) is 5.92 Å². The summed E-state index contributed by atoms with van der Waals surface area (Å²) in [7, 11) is 0. The van der Waals surface area contributed by atoms with Crippen LogP contribution in [0.5, 0.6) is 0 Å². The van der Waals surface area contributed by atoms with Crippen molar-refractivity contribution in [2.45, 2.75) is 32.7 Å². The van der Waals surface area contributed by atoms with Gasteiger partial charge in [0.25, 0.3) is 0 Å². The van der Waals surface area contributed by atoms with E-state index in [1.54, 1.807) is 0 Å². The monoisotopic (exact) mass is 338 g/mol. The molecule has 3 nitrogen and oxygen atoms in total. The molecule has 1 aliphatic heterocycles. The minimum Gasteiger partial charge on any atom is -0.356 e. The lowest BCUT2D eigenvalue weighted by atomic mass is 9.91. The summed E-state index contributed by atoms with van der Waals surface area (Å²) >= 11 is 11.9. The van der Waals surface area contributed by atoms with Crippen molar-refractivity contribution in [3.05, 3.63) is 34.5 Å². The molecule has 118 valence electrons. The number of rotatable bonds is 3. The number of H-pyrrole nitrogens is 1. The summed E-state index contributed by atoms with van der Waals surface area (Å²) in [5, 5.41) is 1.92. The zero-order valence-corrected chi connectivity index (χ0v) is 14.3. The lowest BCUT2D eigenvalue weighted by molar-refractivity contribution is -0.131. The third kappa shape index (κ3) is 2.72. The molecule has 1 amide bonds. The van der Waals surface area contributed by atoms with Crippen LogP contribution in [-0.4, -0.2) is 28.2 Å². The smallest absolute Gasteiger partial charge is 0.238 e. The SMILES string of the molecule is CC(C)C[C@H]1c2[nH]c3ccc(Cl)cc3c2CCN1C(=O)CCl. The Bertz CT molecular complexity index is 708. The van der Waals surface area contributed by atoms with Gasteiger partial charge >= 0.3 is 0 Å². The largest absolute Gasteiger partial charge is 0.356 e. The Balaban J connectivity index is 2.10. The van der Waals surface area contributed by atoms with Gasteiger partial charge in [-0.1, -0.05) is 25.4 Å². The third-order valence-electron chi connectivity index (χ3n) is 4.34. The van der Waals surface area contributed by atoms with Gasteiger partial charge in [0.15, 0.2) is 0 Å². The van der Waals surface area contributed by atoms with Gasteiger partial charge in [0.2, 0.25) is 5.91 Å². The van der Waals surface area contributed by atoms with Crippen LogP contribution in [0.4, 0.5) is 0 Å². The molecule has 0 saturated heterocycles. The fourth-order valence-corrected chi connectivity index (χ4v) is 3.73. The number of aromatic nitrogens is 1. The number of nitrogens with one attached hydrogen (secondary N) is 1.